The molecule has 0 unspecified atom stereocenters. The van der Waals surface area contributed by atoms with Crippen molar-refractivity contribution in [3.05, 3.63) is 0 Å². The van der Waals surface area contributed by atoms with Gasteiger partial charge in [-0.1, -0.05) is 6.42 Å². The van der Waals surface area contributed by atoms with Crippen molar-refractivity contribution in [2.75, 3.05) is 0 Å². The molecule has 2 amide bonds. The van der Waals surface area contributed by atoms with E-state index in [1.807, 2.05) is 0 Å². The number of carbonyl (C=O) groups is 2. The Morgan fingerprint density at radius 1 is 1.22 bits per heavy atom. The first-order chi connectivity index (χ1) is 8.17. The number of nitrogens with two attached hydrogens (primary N) is 1. The summed E-state index contributed by atoms with van der Waals surface area (Å²) in [5.41, 5.74) is 4.23. The maximum atomic E-state index is 11.7. The molecule has 0 aromatic carbocycles. The van der Waals surface area contributed by atoms with E-state index >= 15 is 0 Å². The van der Waals surface area contributed by atoms with Crippen LogP contribution in [0.2, 0.25) is 0 Å². The average Bonchev–Trinajstić information content (AvgIpc) is 2.03. The Labute approximate surface area is 107 Å². The first-order valence-electron chi connectivity index (χ1n) is 6.48. The molecule has 0 aliphatic heterocycles. The van der Waals surface area contributed by atoms with Gasteiger partial charge in [0.05, 0.1) is 0 Å². The molecule has 2 rings (SSSR count). The van der Waals surface area contributed by atoms with Crippen molar-refractivity contribution in [3.8, 4) is 0 Å². The number of hydrogen-bond donors (Lipinski definition) is 2. The summed E-state index contributed by atoms with van der Waals surface area (Å²) in [7, 11) is 0. The Hall–Kier alpha value is -1.26. The SMILES string of the molecule is CC(C)(C)OC(=O)NC1(C(N)=O)CC2(CCC2)C1. The summed E-state index contributed by atoms with van der Waals surface area (Å²) in [5.74, 6) is -0.453. The van der Waals surface area contributed by atoms with Gasteiger partial charge in [0.2, 0.25) is 5.91 Å². The molecule has 0 aromatic rings. The van der Waals surface area contributed by atoms with Gasteiger partial charge in [-0.15, -0.1) is 0 Å². The first-order valence-corrected chi connectivity index (χ1v) is 6.48. The minimum atomic E-state index is -0.886. The molecule has 0 radical (unpaired) electrons. The Kier molecular flexibility index (Phi) is 2.83. The monoisotopic (exact) mass is 254 g/mol. The van der Waals surface area contributed by atoms with Crippen LogP contribution < -0.4 is 11.1 Å². The minimum absolute atomic E-state index is 0.254. The highest BCUT2D eigenvalue weighted by molar-refractivity contribution is 5.90. The zero-order chi connectivity index (χ0) is 13.6. The van der Waals surface area contributed by atoms with Crippen molar-refractivity contribution < 1.29 is 14.3 Å². The molecule has 2 aliphatic carbocycles. The molecule has 18 heavy (non-hydrogen) atoms. The fourth-order valence-corrected chi connectivity index (χ4v) is 3.08. The Bertz CT molecular complexity index is 372. The maximum absolute atomic E-state index is 11.7. The number of amides is 2. The van der Waals surface area contributed by atoms with Crippen LogP contribution in [0.4, 0.5) is 4.79 Å². The lowest BCUT2D eigenvalue weighted by Gasteiger charge is -2.59. The quantitative estimate of drug-likeness (QED) is 0.787. The van der Waals surface area contributed by atoms with Gasteiger partial charge in [0.1, 0.15) is 11.1 Å². The van der Waals surface area contributed by atoms with Crippen molar-refractivity contribution in [1.29, 1.82) is 0 Å². The predicted molar refractivity (Wildman–Crippen MR) is 66.8 cm³/mol. The van der Waals surface area contributed by atoms with E-state index in [1.165, 1.54) is 6.42 Å². The van der Waals surface area contributed by atoms with Crippen molar-refractivity contribution in [2.45, 2.75) is 64.0 Å². The second kappa shape index (κ2) is 3.87. The highest BCUT2D eigenvalue weighted by Gasteiger charge is 2.61. The van der Waals surface area contributed by atoms with E-state index in [0.29, 0.717) is 12.8 Å². The second-order valence-electron chi connectivity index (χ2n) is 6.78. The fraction of sp³-hybridized carbons (Fsp3) is 0.846. The van der Waals surface area contributed by atoms with E-state index in [1.54, 1.807) is 20.8 Å². The normalized spacial score (nSPS) is 23.7. The van der Waals surface area contributed by atoms with Gasteiger partial charge in [0, 0.05) is 0 Å². The number of ether oxygens (including phenoxy) is 1. The number of carbonyl (C=O) groups excluding carboxylic acids is 2. The van der Waals surface area contributed by atoms with Crippen LogP contribution in [-0.4, -0.2) is 23.1 Å². The van der Waals surface area contributed by atoms with Crippen LogP contribution in [0, 0.1) is 5.41 Å². The summed E-state index contributed by atoms with van der Waals surface area (Å²) in [6.07, 6.45) is 4.25. The third-order valence-corrected chi connectivity index (χ3v) is 3.98. The van der Waals surface area contributed by atoms with Crippen LogP contribution in [0.15, 0.2) is 0 Å². The van der Waals surface area contributed by atoms with E-state index in [9.17, 15) is 9.59 Å². The topological polar surface area (TPSA) is 81.4 Å². The summed E-state index contributed by atoms with van der Waals surface area (Å²) in [6.45, 7) is 5.37. The second-order valence-corrected chi connectivity index (χ2v) is 6.78. The molecular formula is C13H22N2O3. The molecular weight excluding hydrogens is 232 g/mol. The van der Waals surface area contributed by atoms with Crippen molar-refractivity contribution in [3.63, 3.8) is 0 Å². The van der Waals surface area contributed by atoms with E-state index in [2.05, 4.69) is 5.32 Å². The van der Waals surface area contributed by atoms with E-state index < -0.39 is 23.1 Å². The van der Waals surface area contributed by atoms with Gasteiger partial charge in [-0.25, -0.2) is 4.79 Å². The number of hydrogen-bond acceptors (Lipinski definition) is 3. The Morgan fingerprint density at radius 2 is 1.78 bits per heavy atom. The largest absolute Gasteiger partial charge is 0.444 e. The minimum Gasteiger partial charge on any atom is -0.444 e. The van der Waals surface area contributed by atoms with Crippen LogP contribution >= 0.6 is 0 Å². The third-order valence-electron chi connectivity index (χ3n) is 3.98. The Balaban J connectivity index is 1.96. The van der Waals surface area contributed by atoms with Gasteiger partial charge in [0.25, 0.3) is 0 Å². The number of alkyl carbamates (subject to hydrolysis) is 1. The van der Waals surface area contributed by atoms with Crippen molar-refractivity contribution in [2.24, 2.45) is 11.1 Å². The standard InChI is InChI=1S/C13H22N2O3/c1-11(2,3)18-10(17)15-13(9(14)16)7-12(8-13)5-4-6-12/h4-8H2,1-3H3,(H2,14,16)(H,15,17). The molecule has 3 N–H and O–H groups in total. The molecule has 0 heterocycles. The van der Waals surface area contributed by atoms with Gasteiger partial charge in [-0.3, -0.25) is 4.79 Å². The third kappa shape index (κ3) is 2.31. The lowest BCUT2D eigenvalue weighted by atomic mass is 9.48. The molecule has 5 nitrogen and oxygen atoms in total. The van der Waals surface area contributed by atoms with Gasteiger partial charge in [-0.2, -0.15) is 0 Å². The summed E-state index contributed by atoms with van der Waals surface area (Å²) in [6, 6.07) is 0. The molecule has 0 aromatic heterocycles. The highest BCUT2D eigenvalue weighted by atomic mass is 16.6. The molecule has 0 atom stereocenters. The van der Waals surface area contributed by atoms with Gasteiger partial charge < -0.3 is 15.8 Å². The molecule has 0 bridgehead atoms. The van der Waals surface area contributed by atoms with Gasteiger partial charge in [-0.05, 0) is 51.9 Å². The smallest absolute Gasteiger partial charge is 0.408 e. The number of primary amides is 1. The lowest BCUT2D eigenvalue weighted by Crippen LogP contribution is -2.70. The van der Waals surface area contributed by atoms with Crippen molar-refractivity contribution >= 4 is 12.0 Å². The van der Waals surface area contributed by atoms with E-state index in [-0.39, 0.29) is 5.41 Å². The van der Waals surface area contributed by atoms with Crippen LogP contribution in [0.25, 0.3) is 0 Å². The van der Waals surface area contributed by atoms with Crippen molar-refractivity contribution in [1.82, 2.24) is 5.32 Å². The van der Waals surface area contributed by atoms with Crippen LogP contribution in [0.5, 0.6) is 0 Å². The van der Waals surface area contributed by atoms with E-state index in [4.69, 9.17) is 10.5 Å². The molecule has 0 saturated heterocycles. The Morgan fingerprint density at radius 3 is 2.11 bits per heavy atom. The molecule has 5 heteroatoms. The molecule has 2 saturated carbocycles. The van der Waals surface area contributed by atoms with E-state index in [0.717, 1.165) is 12.8 Å². The van der Waals surface area contributed by atoms with Gasteiger partial charge in [0.15, 0.2) is 0 Å². The number of rotatable bonds is 2. The summed E-state index contributed by atoms with van der Waals surface area (Å²) < 4.78 is 5.18. The summed E-state index contributed by atoms with van der Waals surface area (Å²) in [4.78, 5) is 23.3. The predicted octanol–water partition coefficient (Wildman–Crippen LogP) is 1.70. The summed E-state index contributed by atoms with van der Waals surface area (Å²) in [5, 5.41) is 2.67. The van der Waals surface area contributed by atoms with Crippen LogP contribution in [-0.2, 0) is 9.53 Å². The molecule has 2 aliphatic rings. The first kappa shape index (κ1) is 13.2. The molecule has 2 fully saturated rings. The lowest BCUT2D eigenvalue weighted by molar-refractivity contribution is -0.141. The zero-order valence-corrected chi connectivity index (χ0v) is 11.3. The average molecular weight is 254 g/mol. The fourth-order valence-electron chi connectivity index (χ4n) is 3.08. The zero-order valence-electron chi connectivity index (χ0n) is 11.3. The highest BCUT2D eigenvalue weighted by Crippen LogP contribution is 2.60. The van der Waals surface area contributed by atoms with Crippen LogP contribution in [0.3, 0.4) is 0 Å². The van der Waals surface area contributed by atoms with Crippen LogP contribution in [0.1, 0.15) is 52.9 Å². The van der Waals surface area contributed by atoms with Gasteiger partial charge >= 0.3 is 6.09 Å². The summed E-state index contributed by atoms with van der Waals surface area (Å²) >= 11 is 0. The molecule has 102 valence electrons. The number of nitrogens with one attached hydrogen (secondary N) is 1. The molecule has 1 spiro atoms. The maximum Gasteiger partial charge on any atom is 0.408 e.